The number of piperidine rings is 1. The van der Waals surface area contributed by atoms with Crippen LogP contribution in [0.3, 0.4) is 0 Å². The number of H-pyrrole nitrogens is 1. The van der Waals surface area contributed by atoms with Crippen molar-refractivity contribution in [3.63, 3.8) is 0 Å². The quantitative estimate of drug-likeness (QED) is 0.728. The summed E-state index contributed by atoms with van der Waals surface area (Å²) < 4.78 is 0. The summed E-state index contributed by atoms with van der Waals surface area (Å²) in [6, 6.07) is 2.04. The molecule has 120 valence electrons. The average Bonchev–Trinajstić information content (AvgIpc) is 3.21. The molecule has 0 radical (unpaired) electrons. The van der Waals surface area contributed by atoms with Gasteiger partial charge in [0.15, 0.2) is 0 Å². The first-order valence-electron chi connectivity index (χ1n) is 8.08. The predicted octanol–water partition coefficient (Wildman–Crippen LogP) is 1.11. The second kappa shape index (κ2) is 6.81. The van der Waals surface area contributed by atoms with Gasteiger partial charge in [0.1, 0.15) is 5.69 Å². The molecule has 1 aromatic heterocycles. The van der Waals surface area contributed by atoms with Crippen LogP contribution in [0.5, 0.6) is 0 Å². The van der Waals surface area contributed by atoms with Crippen molar-refractivity contribution >= 4 is 11.9 Å². The molecular formula is C15H23N5O2. The van der Waals surface area contributed by atoms with Gasteiger partial charge in [-0.05, 0) is 37.7 Å². The van der Waals surface area contributed by atoms with Crippen LogP contribution in [0.2, 0.25) is 0 Å². The third-order valence-electron chi connectivity index (χ3n) is 4.69. The van der Waals surface area contributed by atoms with E-state index in [9.17, 15) is 9.59 Å². The van der Waals surface area contributed by atoms with E-state index in [0.717, 1.165) is 19.4 Å². The molecule has 1 aliphatic carbocycles. The number of likely N-dealkylation sites (tertiary alicyclic amines) is 1. The van der Waals surface area contributed by atoms with E-state index >= 15 is 0 Å². The van der Waals surface area contributed by atoms with Crippen molar-refractivity contribution in [3.05, 3.63) is 18.0 Å². The highest BCUT2D eigenvalue weighted by Crippen LogP contribution is 2.36. The van der Waals surface area contributed by atoms with E-state index in [4.69, 9.17) is 0 Å². The summed E-state index contributed by atoms with van der Waals surface area (Å²) in [6.45, 7) is 1.70. The number of hydrogen-bond donors (Lipinski definition) is 3. The predicted molar refractivity (Wildman–Crippen MR) is 81.4 cm³/mol. The van der Waals surface area contributed by atoms with Crippen molar-refractivity contribution in [2.75, 3.05) is 19.6 Å². The first kappa shape index (κ1) is 14.9. The molecule has 3 rings (SSSR count). The summed E-state index contributed by atoms with van der Waals surface area (Å²) in [6.07, 6.45) is 7.52. The van der Waals surface area contributed by atoms with Crippen LogP contribution in [0.4, 0.5) is 4.79 Å². The molecule has 1 aromatic rings. The second-order valence-corrected chi connectivity index (χ2v) is 6.05. The number of amides is 3. The minimum atomic E-state index is -0.208. The Labute approximate surface area is 129 Å². The van der Waals surface area contributed by atoms with Crippen LogP contribution in [0.25, 0.3) is 0 Å². The van der Waals surface area contributed by atoms with Gasteiger partial charge in [-0.25, -0.2) is 4.79 Å². The molecule has 3 amide bonds. The molecule has 3 N–H and O–H groups in total. The topological polar surface area (TPSA) is 90.1 Å². The molecule has 1 saturated carbocycles. The van der Waals surface area contributed by atoms with Gasteiger partial charge in [0.05, 0.1) is 0 Å². The van der Waals surface area contributed by atoms with Crippen LogP contribution in [-0.4, -0.2) is 52.7 Å². The molecular weight excluding hydrogens is 282 g/mol. The summed E-state index contributed by atoms with van der Waals surface area (Å²) in [4.78, 5) is 26.0. The molecule has 22 heavy (non-hydrogen) atoms. The van der Waals surface area contributed by atoms with E-state index in [0.29, 0.717) is 30.7 Å². The molecule has 2 fully saturated rings. The third-order valence-corrected chi connectivity index (χ3v) is 4.69. The van der Waals surface area contributed by atoms with Gasteiger partial charge in [-0.2, -0.15) is 5.10 Å². The minimum Gasteiger partial charge on any atom is -0.349 e. The van der Waals surface area contributed by atoms with Crippen LogP contribution < -0.4 is 10.6 Å². The van der Waals surface area contributed by atoms with Gasteiger partial charge < -0.3 is 15.5 Å². The van der Waals surface area contributed by atoms with Crippen molar-refractivity contribution < 1.29 is 9.59 Å². The summed E-state index contributed by atoms with van der Waals surface area (Å²) >= 11 is 0. The van der Waals surface area contributed by atoms with Crippen molar-refractivity contribution in [3.8, 4) is 0 Å². The van der Waals surface area contributed by atoms with Crippen LogP contribution >= 0.6 is 0 Å². The molecule has 7 nitrogen and oxygen atoms in total. The maximum atomic E-state index is 12.3. The van der Waals surface area contributed by atoms with Crippen LogP contribution in [-0.2, 0) is 0 Å². The molecule has 0 spiro atoms. The number of nitrogens with zero attached hydrogens (tertiary/aromatic N) is 2. The number of urea groups is 1. The van der Waals surface area contributed by atoms with Crippen molar-refractivity contribution in [1.82, 2.24) is 25.7 Å². The largest absolute Gasteiger partial charge is 0.349 e. The van der Waals surface area contributed by atoms with E-state index in [1.807, 2.05) is 4.90 Å². The lowest BCUT2D eigenvalue weighted by Gasteiger charge is -2.37. The highest BCUT2D eigenvalue weighted by Gasteiger charge is 2.37. The van der Waals surface area contributed by atoms with E-state index in [1.165, 1.54) is 25.5 Å². The molecule has 1 saturated heterocycles. The fraction of sp³-hybridized carbons (Fsp3) is 0.667. The zero-order valence-corrected chi connectivity index (χ0v) is 12.7. The number of rotatable bonds is 4. The van der Waals surface area contributed by atoms with E-state index < -0.39 is 0 Å². The molecule has 7 heteroatoms. The van der Waals surface area contributed by atoms with Gasteiger partial charge in [-0.1, -0.05) is 6.42 Å². The van der Waals surface area contributed by atoms with Gasteiger partial charge in [0.2, 0.25) is 0 Å². The van der Waals surface area contributed by atoms with Gasteiger partial charge in [-0.15, -0.1) is 0 Å². The van der Waals surface area contributed by atoms with Crippen LogP contribution in [0, 0.1) is 5.92 Å². The van der Waals surface area contributed by atoms with E-state index in [-0.39, 0.29) is 11.9 Å². The number of carbonyl (C=O) groups is 2. The zero-order valence-electron chi connectivity index (χ0n) is 12.7. The van der Waals surface area contributed by atoms with Gasteiger partial charge in [-0.3, -0.25) is 9.89 Å². The van der Waals surface area contributed by atoms with Crippen molar-refractivity contribution in [1.29, 1.82) is 0 Å². The summed E-state index contributed by atoms with van der Waals surface area (Å²) in [7, 11) is 0. The van der Waals surface area contributed by atoms with E-state index in [1.54, 1.807) is 6.07 Å². The summed E-state index contributed by atoms with van der Waals surface area (Å²) in [5.74, 6) is 0.486. The molecule has 1 aliphatic heterocycles. The maximum Gasteiger partial charge on any atom is 0.317 e. The number of nitrogens with one attached hydrogen (secondary N) is 3. The monoisotopic (exact) mass is 305 g/mol. The van der Waals surface area contributed by atoms with Gasteiger partial charge in [0, 0.05) is 31.9 Å². The lowest BCUT2D eigenvalue weighted by atomic mass is 9.92. The number of carbonyl (C=O) groups excluding carboxylic acids is 2. The van der Waals surface area contributed by atoms with Crippen LogP contribution in [0.15, 0.2) is 12.3 Å². The molecule has 0 bridgehead atoms. The molecule has 2 unspecified atom stereocenters. The van der Waals surface area contributed by atoms with Crippen LogP contribution in [0.1, 0.15) is 42.6 Å². The highest BCUT2D eigenvalue weighted by molar-refractivity contribution is 5.92. The first-order valence-corrected chi connectivity index (χ1v) is 8.08. The van der Waals surface area contributed by atoms with Crippen molar-refractivity contribution in [2.24, 2.45) is 5.92 Å². The number of aromatic amines is 1. The Balaban J connectivity index is 1.40. The highest BCUT2D eigenvalue weighted by atomic mass is 16.2. The Morgan fingerprint density at radius 2 is 2.05 bits per heavy atom. The zero-order chi connectivity index (χ0) is 15.4. The summed E-state index contributed by atoms with van der Waals surface area (Å²) in [5, 5.41) is 12.0. The summed E-state index contributed by atoms with van der Waals surface area (Å²) in [5.41, 5.74) is 0.427. The Morgan fingerprint density at radius 1 is 1.23 bits per heavy atom. The Bertz CT molecular complexity index is 516. The molecule has 2 atom stereocenters. The average molecular weight is 305 g/mol. The number of fused-ring (bicyclic) bond motifs is 1. The fourth-order valence-corrected chi connectivity index (χ4v) is 3.63. The third kappa shape index (κ3) is 3.23. The van der Waals surface area contributed by atoms with E-state index in [2.05, 4.69) is 20.8 Å². The minimum absolute atomic E-state index is 0.00684. The Hall–Kier alpha value is -2.05. The number of hydrogen-bond acceptors (Lipinski definition) is 3. The lowest BCUT2D eigenvalue weighted by molar-refractivity contribution is 0.0947. The second-order valence-electron chi connectivity index (χ2n) is 6.05. The molecule has 2 aliphatic rings. The fourth-order valence-electron chi connectivity index (χ4n) is 3.63. The normalized spacial score (nSPS) is 23.9. The number of aromatic nitrogens is 2. The lowest BCUT2D eigenvalue weighted by Crippen LogP contribution is -2.51. The Kier molecular flexibility index (Phi) is 4.60. The first-order chi connectivity index (χ1) is 10.8. The smallest absolute Gasteiger partial charge is 0.317 e. The maximum absolute atomic E-state index is 12.3. The van der Waals surface area contributed by atoms with Crippen molar-refractivity contribution in [2.45, 2.75) is 38.1 Å². The van der Waals surface area contributed by atoms with Gasteiger partial charge in [0.25, 0.3) is 5.91 Å². The molecule has 0 aromatic carbocycles. The standard InChI is InChI=1S/C15H23N5O2/c21-14(12-6-7-18-19-12)16-8-9-17-15(22)20-10-2-4-11-3-1-5-13(11)20/h6-7,11,13H,1-5,8-10H2,(H,16,21)(H,17,22)(H,18,19). The Morgan fingerprint density at radius 3 is 2.86 bits per heavy atom. The molecule has 2 heterocycles. The van der Waals surface area contributed by atoms with Gasteiger partial charge >= 0.3 is 6.03 Å². The SMILES string of the molecule is O=C(NCCNC(=O)N1CCCC2CCCC21)c1ccn[nH]1.